The van der Waals surface area contributed by atoms with E-state index < -0.39 is 0 Å². The highest BCUT2D eigenvalue weighted by Gasteiger charge is 2.27. The quantitative estimate of drug-likeness (QED) is 0.479. The maximum absolute atomic E-state index is 5.34. The van der Waals surface area contributed by atoms with Gasteiger partial charge in [0.05, 0.1) is 0 Å². The largest absolute Gasteiger partial charge is 0.361 e. The predicted molar refractivity (Wildman–Crippen MR) is 31.1 cm³/mol. The molecule has 0 saturated heterocycles. The first-order chi connectivity index (χ1) is 4.88. The molecule has 1 atom stereocenters. The fraction of sp³-hybridized carbons (Fsp3) is 0.667. The van der Waals surface area contributed by atoms with Gasteiger partial charge < -0.3 is 9.26 Å². The molecule has 0 N–H and O–H groups in total. The van der Waals surface area contributed by atoms with Gasteiger partial charge in [-0.3, -0.25) is 0 Å². The Hall–Kier alpha value is -0.900. The second-order valence-electron chi connectivity index (χ2n) is 2.37. The summed E-state index contributed by atoms with van der Waals surface area (Å²) in [6.45, 7) is 3.52. The van der Waals surface area contributed by atoms with Gasteiger partial charge in [-0.15, -0.1) is 0 Å². The zero-order valence-electron chi connectivity index (χ0n) is 5.78. The lowest BCUT2D eigenvalue weighted by Crippen LogP contribution is -2.45. The Morgan fingerprint density at radius 2 is 2.70 bits per heavy atom. The third-order valence-corrected chi connectivity index (χ3v) is 1.70. The van der Waals surface area contributed by atoms with E-state index in [4.69, 9.17) is 9.26 Å². The summed E-state index contributed by atoms with van der Waals surface area (Å²) in [5.41, 5.74) is 1.02. The molecular formula is C6H9N2O2+. The van der Waals surface area contributed by atoms with Crippen molar-refractivity contribution in [2.75, 3.05) is 6.61 Å². The van der Waals surface area contributed by atoms with Crippen LogP contribution in [0, 0.1) is 0 Å². The first-order valence-electron chi connectivity index (χ1n) is 3.34. The average molecular weight is 141 g/mol. The van der Waals surface area contributed by atoms with Gasteiger partial charge in [-0.05, 0) is 11.6 Å². The lowest BCUT2D eigenvalue weighted by atomic mass is 10.3. The lowest BCUT2D eigenvalue weighted by Gasteiger charge is -2.10. The van der Waals surface area contributed by atoms with Crippen molar-refractivity contribution in [3.63, 3.8) is 0 Å². The minimum atomic E-state index is 0.125. The van der Waals surface area contributed by atoms with Crippen molar-refractivity contribution in [1.29, 1.82) is 0 Å². The highest BCUT2D eigenvalue weighted by Crippen LogP contribution is 2.14. The Bertz CT molecular complexity index is 233. The molecule has 0 amide bonds. The van der Waals surface area contributed by atoms with Crippen LogP contribution >= 0.6 is 0 Å². The molecule has 0 fully saturated rings. The van der Waals surface area contributed by atoms with Crippen molar-refractivity contribution < 1.29 is 13.9 Å². The van der Waals surface area contributed by atoms with E-state index in [-0.39, 0.29) is 6.10 Å². The molecule has 2 heterocycles. The standard InChI is InChI=1S/C6H9N2O2/c1-5-6-4-10-7-8(6)2-3-9-5/h4-5H,2-3H2,1H3/q+1/t5-/m1/s1. The minimum Gasteiger partial charge on any atom is -0.361 e. The average Bonchev–Trinajstić information content (AvgIpc) is 2.36. The second kappa shape index (κ2) is 2.05. The van der Waals surface area contributed by atoms with Crippen LogP contribution in [-0.2, 0) is 11.3 Å². The highest BCUT2D eigenvalue weighted by atomic mass is 16.5. The highest BCUT2D eigenvalue weighted by molar-refractivity contribution is 4.87. The molecule has 1 aliphatic rings. The topological polar surface area (TPSA) is 39.1 Å². The van der Waals surface area contributed by atoms with Crippen LogP contribution in [0.1, 0.15) is 18.7 Å². The molecule has 0 aliphatic carbocycles. The third kappa shape index (κ3) is 0.724. The van der Waals surface area contributed by atoms with Crippen LogP contribution in [0.25, 0.3) is 0 Å². The fourth-order valence-electron chi connectivity index (χ4n) is 1.12. The maximum atomic E-state index is 5.34. The fourth-order valence-corrected chi connectivity index (χ4v) is 1.12. The van der Waals surface area contributed by atoms with Crippen molar-refractivity contribution in [3.05, 3.63) is 12.0 Å². The third-order valence-electron chi connectivity index (χ3n) is 1.70. The minimum absolute atomic E-state index is 0.125. The molecule has 0 saturated carbocycles. The molecule has 1 aromatic rings. The number of fused-ring (bicyclic) bond motifs is 1. The molecule has 2 rings (SSSR count). The first kappa shape index (κ1) is 5.85. The van der Waals surface area contributed by atoms with Crippen LogP contribution in [0.3, 0.4) is 0 Å². The van der Waals surface area contributed by atoms with Crippen molar-refractivity contribution in [3.8, 4) is 0 Å². The van der Waals surface area contributed by atoms with E-state index in [0.717, 1.165) is 18.8 Å². The lowest BCUT2D eigenvalue weighted by molar-refractivity contribution is -0.780. The number of hydrogen-bond donors (Lipinski definition) is 0. The molecule has 0 radical (unpaired) electrons. The SMILES string of the molecule is C[C@H]1OCC[n+]2nocc21. The molecule has 4 nitrogen and oxygen atoms in total. The normalized spacial score (nSPS) is 24.3. The van der Waals surface area contributed by atoms with Crippen molar-refractivity contribution >= 4 is 0 Å². The summed E-state index contributed by atoms with van der Waals surface area (Å²) in [7, 11) is 0. The van der Waals surface area contributed by atoms with Gasteiger partial charge in [-0.25, -0.2) is 0 Å². The van der Waals surface area contributed by atoms with E-state index in [9.17, 15) is 0 Å². The number of hydrogen-bond acceptors (Lipinski definition) is 3. The van der Waals surface area contributed by atoms with Crippen molar-refractivity contribution in [2.24, 2.45) is 0 Å². The summed E-state index contributed by atoms with van der Waals surface area (Å²) in [6, 6.07) is 0. The molecule has 0 spiro atoms. The second-order valence-corrected chi connectivity index (χ2v) is 2.37. The van der Waals surface area contributed by atoms with Crippen LogP contribution < -0.4 is 4.68 Å². The van der Waals surface area contributed by atoms with Gasteiger partial charge in [0.15, 0.2) is 11.5 Å². The molecule has 1 aromatic heterocycles. The molecule has 10 heavy (non-hydrogen) atoms. The van der Waals surface area contributed by atoms with Gasteiger partial charge in [0.2, 0.25) is 6.54 Å². The van der Waals surface area contributed by atoms with Crippen LogP contribution in [0.15, 0.2) is 10.8 Å². The molecule has 54 valence electrons. The summed E-state index contributed by atoms with van der Waals surface area (Å²) in [5.74, 6) is 0. The van der Waals surface area contributed by atoms with Crippen LogP contribution in [0.5, 0.6) is 0 Å². The Morgan fingerprint density at radius 3 is 3.50 bits per heavy atom. The zero-order chi connectivity index (χ0) is 6.97. The Morgan fingerprint density at radius 1 is 1.80 bits per heavy atom. The van der Waals surface area contributed by atoms with E-state index in [0.29, 0.717) is 0 Å². The van der Waals surface area contributed by atoms with Gasteiger partial charge in [-0.2, -0.15) is 0 Å². The molecular weight excluding hydrogens is 132 g/mol. The van der Waals surface area contributed by atoms with Gasteiger partial charge >= 0.3 is 0 Å². The van der Waals surface area contributed by atoms with Gasteiger partial charge in [0.1, 0.15) is 12.7 Å². The molecule has 4 heteroatoms. The molecule has 0 bridgehead atoms. The Kier molecular flexibility index (Phi) is 1.20. The van der Waals surface area contributed by atoms with Gasteiger partial charge in [0, 0.05) is 0 Å². The van der Waals surface area contributed by atoms with Gasteiger partial charge in [0.25, 0.3) is 5.69 Å². The monoisotopic (exact) mass is 141 g/mol. The summed E-state index contributed by atoms with van der Waals surface area (Å²) in [5, 5.41) is 3.77. The van der Waals surface area contributed by atoms with Crippen LogP contribution in [0.2, 0.25) is 0 Å². The van der Waals surface area contributed by atoms with E-state index in [1.165, 1.54) is 0 Å². The first-order valence-corrected chi connectivity index (χ1v) is 3.34. The molecule has 1 aliphatic heterocycles. The van der Waals surface area contributed by atoms with Crippen molar-refractivity contribution in [2.45, 2.75) is 19.6 Å². The van der Waals surface area contributed by atoms with E-state index >= 15 is 0 Å². The molecule has 0 aromatic carbocycles. The summed E-state index contributed by atoms with van der Waals surface area (Å²) >= 11 is 0. The summed E-state index contributed by atoms with van der Waals surface area (Å²) in [4.78, 5) is 0. The Labute approximate surface area is 58.4 Å². The summed E-state index contributed by atoms with van der Waals surface area (Å²) in [6.07, 6.45) is 1.75. The predicted octanol–water partition coefficient (Wildman–Crippen LogP) is 0.0533. The van der Waals surface area contributed by atoms with Crippen molar-refractivity contribution in [1.82, 2.24) is 5.27 Å². The summed E-state index contributed by atoms with van der Waals surface area (Å²) < 4.78 is 11.9. The number of nitrogens with zero attached hydrogens (tertiary/aromatic N) is 2. The van der Waals surface area contributed by atoms with E-state index in [2.05, 4.69) is 5.27 Å². The van der Waals surface area contributed by atoms with E-state index in [1.54, 1.807) is 6.26 Å². The zero-order valence-corrected chi connectivity index (χ0v) is 5.78. The maximum Gasteiger partial charge on any atom is 0.277 e. The van der Waals surface area contributed by atoms with Crippen LogP contribution in [-0.4, -0.2) is 11.9 Å². The smallest absolute Gasteiger partial charge is 0.277 e. The van der Waals surface area contributed by atoms with E-state index in [1.807, 2.05) is 11.6 Å². The number of aromatic nitrogens is 2. The number of rotatable bonds is 0. The molecule has 0 unspecified atom stereocenters. The van der Waals surface area contributed by atoms with Crippen LogP contribution in [0.4, 0.5) is 0 Å². The van der Waals surface area contributed by atoms with Gasteiger partial charge in [-0.1, -0.05) is 0 Å². The Balaban J connectivity index is 2.41. The number of ether oxygens (including phenoxy) is 1.